The van der Waals surface area contributed by atoms with E-state index < -0.39 is 58.2 Å². The van der Waals surface area contributed by atoms with Crippen molar-refractivity contribution in [3.8, 4) is 11.8 Å². The second kappa shape index (κ2) is 10.8. The molecule has 3 N–H and O–H groups in total. The summed E-state index contributed by atoms with van der Waals surface area (Å²) in [6, 6.07) is 6.35. The van der Waals surface area contributed by atoms with Gasteiger partial charge < -0.3 is 20.5 Å². The number of likely N-dealkylation sites (tertiary alicyclic amines) is 1. The number of carboxylic acid groups (broad SMARTS) is 1. The first-order valence-corrected chi connectivity index (χ1v) is 11.0. The van der Waals surface area contributed by atoms with Crippen LogP contribution < -0.4 is 10.6 Å². The van der Waals surface area contributed by atoms with E-state index in [1.165, 1.54) is 6.07 Å². The maximum Gasteiger partial charge on any atom is 0.471 e. The second-order valence-corrected chi connectivity index (χ2v) is 8.38. The van der Waals surface area contributed by atoms with Gasteiger partial charge in [0.25, 0.3) is 5.91 Å². The number of benzene rings is 2. The van der Waals surface area contributed by atoms with Gasteiger partial charge in [0, 0.05) is 12.1 Å². The number of carbonyl (C=O) groups excluding carboxylic acids is 3. The van der Waals surface area contributed by atoms with Crippen LogP contribution >= 0.6 is 0 Å². The predicted molar refractivity (Wildman–Crippen MR) is 126 cm³/mol. The Kier molecular flexibility index (Phi) is 7.95. The van der Waals surface area contributed by atoms with Gasteiger partial charge in [0.1, 0.15) is 11.4 Å². The van der Waals surface area contributed by atoms with Crippen LogP contribution in [0.2, 0.25) is 0 Å². The molecule has 0 bridgehead atoms. The first-order valence-electron chi connectivity index (χ1n) is 11.0. The van der Waals surface area contributed by atoms with Crippen LogP contribution in [0.5, 0.6) is 0 Å². The molecule has 0 spiro atoms. The molecule has 9 nitrogen and oxygen atoms in total. The van der Waals surface area contributed by atoms with Crippen LogP contribution in [0.15, 0.2) is 36.4 Å². The van der Waals surface area contributed by atoms with Crippen molar-refractivity contribution in [1.29, 1.82) is 0 Å². The molecule has 3 amide bonds. The molecule has 1 heterocycles. The number of methoxy groups -OCH3 is 1. The molecule has 200 valence electrons. The molecule has 1 fully saturated rings. The molecule has 1 aliphatic heterocycles. The van der Waals surface area contributed by atoms with Crippen LogP contribution in [-0.2, 0) is 9.53 Å². The summed E-state index contributed by atoms with van der Waals surface area (Å²) in [7, 11) is 0.981. The molecule has 13 heteroatoms. The van der Waals surface area contributed by atoms with Gasteiger partial charge in [0.2, 0.25) is 0 Å². The number of carbonyl (C=O) groups is 4. The molecule has 0 aromatic heterocycles. The first-order chi connectivity index (χ1) is 17.8. The van der Waals surface area contributed by atoms with Gasteiger partial charge >= 0.3 is 24.1 Å². The molecule has 1 atom stereocenters. The number of rotatable bonds is 4. The number of halogens is 4. The third-order valence-electron chi connectivity index (χ3n) is 5.77. The fourth-order valence-electron chi connectivity index (χ4n) is 3.89. The van der Waals surface area contributed by atoms with Gasteiger partial charge in [-0.3, -0.25) is 14.5 Å². The number of esters is 1. The third kappa shape index (κ3) is 6.03. The summed E-state index contributed by atoms with van der Waals surface area (Å²) >= 11 is 0. The molecule has 0 aliphatic carbocycles. The van der Waals surface area contributed by atoms with E-state index in [9.17, 15) is 41.8 Å². The molecule has 2 aromatic carbocycles. The number of nitrogens with zero attached hydrogens (tertiary/aromatic N) is 1. The number of alkyl halides is 3. The Hall–Kier alpha value is -4.60. The highest BCUT2D eigenvalue weighted by molar-refractivity contribution is 6.16. The third-order valence-corrected chi connectivity index (χ3v) is 5.77. The Balaban J connectivity index is 2.04. The average Bonchev–Trinajstić information content (AvgIpc) is 3.24. The van der Waals surface area contributed by atoms with E-state index in [1.807, 2.05) is 0 Å². The first kappa shape index (κ1) is 28.0. The number of hydrogen-bond donors (Lipinski definition) is 3. The predicted octanol–water partition coefficient (Wildman–Crippen LogP) is 4.25. The van der Waals surface area contributed by atoms with Gasteiger partial charge in [0.15, 0.2) is 0 Å². The zero-order valence-electron chi connectivity index (χ0n) is 20.0. The smallest absolute Gasteiger partial charge is 0.465 e. The minimum Gasteiger partial charge on any atom is -0.465 e. The van der Waals surface area contributed by atoms with Crippen molar-refractivity contribution in [2.75, 3.05) is 24.3 Å². The molecular formula is C25H21F4N3O6. The van der Waals surface area contributed by atoms with E-state index >= 15 is 0 Å². The van der Waals surface area contributed by atoms with Crippen LogP contribution in [0.1, 0.15) is 46.0 Å². The van der Waals surface area contributed by atoms with Crippen molar-refractivity contribution < 1.29 is 46.6 Å². The lowest BCUT2D eigenvalue weighted by molar-refractivity contribution is -0.167. The largest absolute Gasteiger partial charge is 0.471 e. The Morgan fingerprint density at radius 2 is 1.82 bits per heavy atom. The molecule has 0 radical (unpaired) electrons. The maximum absolute atomic E-state index is 14.1. The van der Waals surface area contributed by atoms with Crippen LogP contribution in [0.4, 0.5) is 33.7 Å². The average molecular weight is 535 g/mol. The number of hydrogen-bond acceptors (Lipinski definition) is 5. The van der Waals surface area contributed by atoms with Gasteiger partial charge in [-0.1, -0.05) is 17.9 Å². The quantitative estimate of drug-likeness (QED) is 0.306. The van der Waals surface area contributed by atoms with Gasteiger partial charge in [-0.2, -0.15) is 13.2 Å². The minimum atomic E-state index is -5.29. The van der Waals surface area contributed by atoms with E-state index in [0.717, 1.165) is 42.3 Å². The van der Waals surface area contributed by atoms with Crippen LogP contribution in [0.25, 0.3) is 0 Å². The summed E-state index contributed by atoms with van der Waals surface area (Å²) < 4.78 is 57.3. The monoisotopic (exact) mass is 535 g/mol. The van der Waals surface area contributed by atoms with Gasteiger partial charge in [-0.15, -0.1) is 0 Å². The number of nitrogens with one attached hydrogen (secondary N) is 2. The summed E-state index contributed by atoms with van der Waals surface area (Å²) in [6.07, 6.45) is -5.45. The van der Waals surface area contributed by atoms with Gasteiger partial charge in [0.05, 0.1) is 29.6 Å². The van der Waals surface area contributed by atoms with Gasteiger partial charge in [-0.25, -0.2) is 14.0 Å². The molecule has 38 heavy (non-hydrogen) atoms. The van der Waals surface area contributed by atoms with E-state index in [2.05, 4.69) is 21.9 Å². The standard InChI is InChI=1S/C25H21F4N3O6/c1-24(10-4-12-32(24)23(36)37)11-9-14-7-8-15(26)13-18(14)30-20(33)19-16(21(34)38-2)5-3-6-17(19)31-22(35)25(27,28)29/h3,5-8,13H,4,10,12H2,1-2H3,(H,30,33)(H,31,35)(H,36,37). The lowest BCUT2D eigenvalue weighted by Gasteiger charge is -2.27. The minimum absolute atomic E-state index is 0.0645. The van der Waals surface area contributed by atoms with E-state index in [4.69, 9.17) is 0 Å². The van der Waals surface area contributed by atoms with Crippen molar-refractivity contribution in [3.63, 3.8) is 0 Å². The topological polar surface area (TPSA) is 125 Å². The van der Waals surface area contributed by atoms with E-state index in [1.54, 1.807) is 12.2 Å². The highest BCUT2D eigenvalue weighted by atomic mass is 19.4. The summed E-state index contributed by atoms with van der Waals surface area (Å²) in [4.78, 5) is 49.7. The van der Waals surface area contributed by atoms with Crippen molar-refractivity contribution in [2.45, 2.75) is 31.5 Å². The summed E-state index contributed by atoms with van der Waals surface area (Å²) in [5.41, 5.74) is -2.97. The second-order valence-electron chi connectivity index (χ2n) is 8.38. The van der Waals surface area contributed by atoms with Gasteiger partial charge in [-0.05, 0) is 50.1 Å². The Bertz CT molecular complexity index is 1370. The normalized spacial score (nSPS) is 16.7. The number of ether oxygens (including phenoxy) is 1. The fraction of sp³-hybridized carbons (Fsp3) is 0.280. The Morgan fingerprint density at radius 3 is 2.45 bits per heavy atom. The maximum atomic E-state index is 14.1. The highest BCUT2D eigenvalue weighted by Crippen LogP contribution is 2.30. The number of anilines is 2. The lowest BCUT2D eigenvalue weighted by Crippen LogP contribution is -2.43. The summed E-state index contributed by atoms with van der Waals surface area (Å²) in [5.74, 6) is 0.132. The van der Waals surface area contributed by atoms with Crippen LogP contribution in [-0.4, -0.2) is 59.3 Å². The van der Waals surface area contributed by atoms with Crippen molar-refractivity contribution >= 4 is 35.3 Å². The van der Waals surface area contributed by atoms with E-state index in [-0.39, 0.29) is 17.8 Å². The summed E-state index contributed by atoms with van der Waals surface area (Å²) in [6.45, 7) is 1.88. The molecule has 3 rings (SSSR count). The Labute approximate surface area is 213 Å². The fourth-order valence-corrected chi connectivity index (χ4v) is 3.89. The summed E-state index contributed by atoms with van der Waals surface area (Å²) in [5, 5.41) is 13.3. The molecule has 1 saturated heterocycles. The highest BCUT2D eigenvalue weighted by Gasteiger charge is 2.40. The van der Waals surface area contributed by atoms with Crippen molar-refractivity contribution in [3.05, 3.63) is 58.9 Å². The molecule has 1 unspecified atom stereocenters. The van der Waals surface area contributed by atoms with Crippen molar-refractivity contribution in [1.82, 2.24) is 4.90 Å². The van der Waals surface area contributed by atoms with Crippen molar-refractivity contribution in [2.24, 2.45) is 0 Å². The SMILES string of the molecule is COC(=O)c1cccc(NC(=O)C(F)(F)F)c1C(=O)Nc1cc(F)ccc1C#CC1(C)CCCN1C(=O)O. The Morgan fingerprint density at radius 1 is 1.11 bits per heavy atom. The zero-order chi connectivity index (χ0) is 28.3. The molecule has 1 aliphatic rings. The molecule has 2 aromatic rings. The zero-order valence-corrected chi connectivity index (χ0v) is 20.0. The van der Waals surface area contributed by atoms with Crippen LogP contribution in [0, 0.1) is 17.7 Å². The molecule has 0 saturated carbocycles. The van der Waals surface area contributed by atoms with E-state index in [0.29, 0.717) is 12.8 Å². The lowest BCUT2D eigenvalue weighted by atomic mass is 9.99. The van der Waals surface area contributed by atoms with Crippen LogP contribution in [0.3, 0.4) is 0 Å². The number of amides is 3. The molecular weight excluding hydrogens is 514 g/mol.